The van der Waals surface area contributed by atoms with Gasteiger partial charge in [-0.05, 0) is 35.4 Å². The molecule has 0 unspecified atom stereocenters. The minimum atomic E-state index is -0.452. The molecule has 0 atom stereocenters. The number of benzene rings is 2. The Bertz CT molecular complexity index is 1160. The lowest BCUT2D eigenvalue weighted by atomic mass is 10.0. The van der Waals surface area contributed by atoms with Crippen LogP contribution in [-0.2, 0) is 0 Å². The van der Waals surface area contributed by atoms with Crippen LogP contribution < -0.4 is 0 Å². The van der Waals surface area contributed by atoms with Gasteiger partial charge < -0.3 is 9.80 Å². The molecule has 3 aromatic rings. The Labute approximate surface area is 200 Å². The van der Waals surface area contributed by atoms with Gasteiger partial charge in [0.15, 0.2) is 0 Å². The van der Waals surface area contributed by atoms with Crippen LogP contribution in [0.1, 0.15) is 20.8 Å². The smallest absolute Gasteiger partial charge is 0.273 e. The normalized spacial score (nSPS) is 17.2. The van der Waals surface area contributed by atoms with Gasteiger partial charge in [0, 0.05) is 56.3 Å². The fourth-order valence-electron chi connectivity index (χ4n) is 4.29. The number of amides is 2. The van der Waals surface area contributed by atoms with Crippen molar-refractivity contribution in [2.24, 2.45) is 0 Å². The van der Waals surface area contributed by atoms with Gasteiger partial charge in [-0.3, -0.25) is 14.5 Å². The summed E-state index contributed by atoms with van der Waals surface area (Å²) < 4.78 is 13.4. The number of halogens is 2. The second kappa shape index (κ2) is 9.21. The lowest BCUT2D eigenvalue weighted by molar-refractivity contribution is 0.00844. The number of carbonyl (C=O) groups excluding carboxylic acids is 2. The summed E-state index contributed by atoms with van der Waals surface area (Å²) in [6, 6.07) is 12.2. The molecule has 9 heteroatoms. The zero-order valence-corrected chi connectivity index (χ0v) is 19.4. The zero-order chi connectivity index (χ0) is 22.9. The number of piperazine rings is 1. The zero-order valence-electron chi connectivity index (χ0n) is 17.8. The highest BCUT2D eigenvalue weighted by molar-refractivity contribution is 7.07. The molecule has 2 fully saturated rings. The summed E-state index contributed by atoms with van der Waals surface area (Å²) in [4.78, 5) is 35.5. The number of rotatable bonds is 4. The van der Waals surface area contributed by atoms with Crippen LogP contribution >= 0.6 is 22.9 Å². The number of hydrogen-bond donors (Lipinski definition) is 0. The molecule has 2 amide bonds. The first-order valence-corrected chi connectivity index (χ1v) is 12.1. The van der Waals surface area contributed by atoms with Crippen molar-refractivity contribution in [1.29, 1.82) is 0 Å². The van der Waals surface area contributed by atoms with Crippen molar-refractivity contribution in [3.05, 3.63) is 75.5 Å². The van der Waals surface area contributed by atoms with E-state index < -0.39 is 5.82 Å². The summed E-state index contributed by atoms with van der Waals surface area (Å²) in [7, 11) is 0. The molecule has 170 valence electrons. The highest BCUT2D eigenvalue weighted by atomic mass is 35.5. The van der Waals surface area contributed by atoms with Crippen LogP contribution in [0, 0.1) is 5.82 Å². The van der Waals surface area contributed by atoms with Crippen molar-refractivity contribution in [2.45, 2.75) is 6.04 Å². The molecule has 0 bridgehead atoms. The van der Waals surface area contributed by atoms with E-state index in [1.54, 1.807) is 35.2 Å². The van der Waals surface area contributed by atoms with E-state index in [9.17, 15) is 14.0 Å². The SMILES string of the molecule is O=C(c1ccc(-c2ccc(F)c(Cl)c2)cc1)N1CC(N2CCN(C(=O)c3cscn3)CC2)C1. The van der Waals surface area contributed by atoms with Crippen LogP contribution in [0.15, 0.2) is 53.4 Å². The van der Waals surface area contributed by atoms with E-state index in [2.05, 4.69) is 9.88 Å². The quantitative estimate of drug-likeness (QED) is 0.564. The summed E-state index contributed by atoms with van der Waals surface area (Å²) in [6.07, 6.45) is 0. The summed E-state index contributed by atoms with van der Waals surface area (Å²) >= 11 is 7.30. The van der Waals surface area contributed by atoms with Crippen molar-refractivity contribution >= 4 is 34.8 Å². The standard InChI is InChI=1S/C24H22ClFN4O2S/c25-20-11-18(5-6-21(20)26)16-1-3-17(4-2-16)23(31)30-12-19(13-30)28-7-9-29(10-8-28)24(32)22-14-33-15-27-22/h1-6,11,14-15,19H,7-10,12-13H2. The third-order valence-electron chi connectivity index (χ3n) is 6.30. The van der Waals surface area contributed by atoms with Crippen LogP contribution in [0.5, 0.6) is 0 Å². The fraction of sp³-hybridized carbons (Fsp3) is 0.292. The molecule has 0 spiro atoms. The molecule has 0 aliphatic carbocycles. The van der Waals surface area contributed by atoms with Crippen molar-refractivity contribution in [1.82, 2.24) is 19.7 Å². The average Bonchev–Trinajstić information content (AvgIpc) is 3.35. The minimum absolute atomic E-state index is 0.00674. The molecule has 5 rings (SSSR count). The maximum atomic E-state index is 13.4. The van der Waals surface area contributed by atoms with Gasteiger partial charge in [-0.15, -0.1) is 11.3 Å². The summed E-state index contributed by atoms with van der Waals surface area (Å²) in [5.74, 6) is -0.452. The first kappa shape index (κ1) is 22.0. The average molecular weight is 485 g/mol. The second-order valence-electron chi connectivity index (χ2n) is 8.27. The Kier molecular flexibility index (Phi) is 6.14. The molecule has 2 aliphatic rings. The van der Waals surface area contributed by atoms with E-state index in [4.69, 9.17) is 11.6 Å². The molecule has 0 saturated carbocycles. The highest BCUT2D eigenvalue weighted by Crippen LogP contribution is 2.26. The topological polar surface area (TPSA) is 56.8 Å². The van der Waals surface area contributed by atoms with Gasteiger partial charge in [-0.25, -0.2) is 9.37 Å². The van der Waals surface area contributed by atoms with Crippen molar-refractivity contribution in [3.63, 3.8) is 0 Å². The molecular formula is C24H22ClFN4O2S. The van der Waals surface area contributed by atoms with Crippen LogP contribution in [0.3, 0.4) is 0 Å². The first-order chi connectivity index (χ1) is 16.0. The second-order valence-corrected chi connectivity index (χ2v) is 9.40. The lowest BCUT2D eigenvalue weighted by Crippen LogP contribution is -2.64. The van der Waals surface area contributed by atoms with Gasteiger partial charge in [-0.2, -0.15) is 0 Å². The number of hydrogen-bond acceptors (Lipinski definition) is 5. The number of likely N-dealkylation sites (tertiary alicyclic amines) is 1. The predicted molar refractivity (Wildman–Crippen MR) is 126 cm³/mol. The molecule has 1 aromatic heterocycles. The molecule has 0 radical (unpaired) electrons. The van der Waals surface area contributed by atoms with Crippen LogP contribution in [0.25, 0.3) is 11.1 Å². The molecule has 3 heterocycles. The Morgan fingerprint density at radius 3 is 2.27 bits per heavy atom. The highest BCUT2D eigenvalue weighted by Gasteiger charge is 2.37. The number of aromatic nitrogens is 1. The Balaban J connectivity index is 1.13. The van der Waals surface area contributed by atoms with Crippen LogP contribution in [0.2, 0.25) is 5.02 Å². The van der Waals surface area contributed by atoms with E-state index in [0.29, 0.717) is 43.5 Å². The van der Waals surface area contributed by atoms with Gasteiger partial charge in [0.2, 0.25) is 0 Å². The molecule has 2 saturated heterocycles. The lowest BCUT2D eigenvalue weighted by Gasteiger charge is -2.48. The van der Waals surface area contributed by atoms with E-state index >= 15 is 0 Å². The fourth-order valence-corrected chi connectivity index (χ4v) is 4.99. The maximum absolute atomic E-state index is 13.4. The van der Waals surface area contributed by atoms with Gasteiger partial charge in [0.05, 0.1) is 10.5 Å². The molecule has 33 heavy (non-hydrogen) atoms. The maximum Gasteiger partial charge on any atom is 0.273 e. The van der Waals surface area contributed by atoms with Gasteiger partial charge in [0.1, 0.15) is 11.5 Å². The third-order valence-corrected chi connectivity index (χ3v) is 7.18. The van der Waals surface area contributed by atoms with Crippen molar-refractivity contribution in [3.8, 4) is 11.1 Å². The number of thiazole rings is 1. The molecule has 6 nitrogen and oxygen atoms in total. The molecule has 0 N–H and O–H groups in total. The molecular weight excluding hydrogens is 463 g/mol. The number of carbonyl (C=O) groups is 2. The van der Waals surface area contributed by atoms with E-state index in [1.165, 1.54) is 17.4 Å². The predicted octanol–water partition coefficient (Wildman–Crippen LogP) is 3.89. The monoisotopic (exact) mass is 484 g/mol. The van der Waals surface area contributed by atoms with Crippen LogP contribution in [0.4, 0.5) is 4.39 Å². The molecule has 2 aliphatic heterocycles. The van der Waals surface area contributed by atoms with Crippen molar-refractivity contribution in [2.75, 3.05) is 39.3 Å². The summed E-state index contributed by atoms with van der Waals surface area (Å²) in [5, 5.41) is 1.86. The Hall–Kier alpha value is -2.81. The van der Waals surface area contributed by atoms with Gasteiger partial charge in [-0.1, -0.05) is 29.8 Å². The number of nitrogens with zero attached hydrogens (tertiary/aromatic N) is 4. The first-order valence-electron chi connectivity index (χ1n) is 10.8. The van der Waals surface area contributed by atoms with Gasteiger partial charge in [0.25, 0.3) is 11.8 Å². The van der Waals surface area contributed by atoms with Gasteiger partial charge >= 0.3 is 0 Å². The van der Waals surface area contributed by atoms with E-state index in [0.717, 1.165) is 24.2 Å². The van der Waals surface area contributed by atoms with Crippen molar-refractivity contribution < 1.29 is 14.0 Å². The van der Waals surface area contributed by atoms with Crippen LogP contribution in [-0.4, -0.2) is 76.8 Å². The minimum Gasteiger partial charge on any atom is -0.335 e. The van der Waals surface area contributed by atoms with E-state index in [1.807, 2.05) is 21.9 Å². The third kappa shape index (κ3) is 4.51. The summed E-state index contributed by atoms with van der Waals surface area (Å²) in [6.45, 7) is 4.34. The Morgan fingerprint density at radius 2 is 1.64 bits per heavy atom. The molecule has 2 aromatic carbocycles. The summed E-state index contributed by atoms with van der Waals surface area (Å²) in [5.41, 5.74) is 4.50. The largest absolute Gasteiger partial charge is 0.335 e. The Morgan fingerprint density at radius 1 is 0.939 bits per heavy atom. The van der Waals surface area contributed by atoms with E-state index in [-0.39, 0.29) is 16.8 Å².